The smallest absolute Gasteiger partial charge is 0.269 e. The van der Waals surface area contributed by atoms with Crippen molar-refractivity contribution in [3.05, 3.63) is 48.0 Å². The van der Waals surface area contributed by atoms with Gasteiger partial charge in [0.1, 0.15) is 17.2 Å². The maximum absolute atomic E-state index is 12.9. The van der Waals surface area contributed by atoms with Gasteiger partial charge in [0.05, 0.1) is 36.5 Å². The molecule has 2 aliphatic rings. The fraction of sp³-hybridized carbons (Fsp3) is 0.300. The van der Waals surface area contributed by atoms with Gasteiger partial charge in [0, 0.05) is 19.2 Å². The summed E-state index contributed by atoms with van der Waals surface area (Å²) in [4.78, 5) is 24.9. The number of hydrogen-bond acceptors (Lipinski definition) is 8. The molecular weight excluding hydrogens is 474 g/mol. The van der Waals surface area contributed by atoms with Crippen molar-refractivity contribution in [2.75, 3.05) is 45.3 Å². The minimum Gasteiger partial charge on any atom is -0.495 e. The number of carbonyl (C=O) groups is 2. The largest absolute Gasteiger partial charge is 0.495 e. The quantitative estimate of drug-likeness (QED) is 0.611. The van der Waals surface area contributed by atoms with Gasteiger partial charge in [-0.3, -0.25) is 9.59 Å². The van der Waals surface area contributed by atoms with Crippen molar-refractivity contribution in [1.29, 1.82) is 0 Å². The SMILES string of the molecule is COc1cc(S(=O)(=O)N2CCOCC2)ccc1NC(=O)CN1C(=O)c2ccccc2S1(=O)=O. The van der Waals surface area contributed by atoms with Crippen LogP contribution in [-0.4, -0.2) is 77.2 Å². The van der Waals surface area contributed by atoms with E-state index in [2.05, 4.69) is 5.32 Å². The summed E-state index contributed by atoms with van der Waals surface area (Å²) >= 11 is 0. The third kappa shape index (κ3) is 4.19. The molecule has 2 heterocycles. The van der Waals surface area contributed by atoms with Gasteiger partial charge in [-0.2, -0.15) is 4.31 Å². The lowest BCUT2D eigenvalue weighted by molar-refractivity contribution is -0.116. The lowest BCUT2D eigenvalue weighted by Gasteiger charge is -2.26. The second-order valence-electron chi connectivity index (χ2n) is 7.24. The van der Waals surface area contributed by atoms with E-state index in [9.17, 15) is 26.4 Å². The molecule has 176 valence electrons. The number of amides is 2. The molecule has 0 aliphatic carbocycles. The Morgan fingerprint density at radius 2 is 1.85 bits per heavy atom. The van der Waals surface area contributed by atoms with Crippen molar-refractivity contribution in [3.63, 3.8) is 0 Å². The molecule has 2 aliphatic heterocycles. The normalized spacial score (nSPS) is 18.1. The molecule has 2 amide bonds. The van der Waals surface area contributed by atoms with E-state index in [1.807, 2.05) is 0 Å². The molecule has 0 radical (unpaired) electrons. The van der Waals surface area contributed by atoms with Crippen molar-refractivity contribution in [2.24, 2.45) is 0 Å². The highest BCUT2D eigenvalue weighted by Gasteiger charge is 2.41. The van der Waals surface area contributed by atoms with Crippen LogP contribution in [0.4, 0.5) is 5.69 Å². The Hall–Kier alpha value is -3.00. The first-order valence-corrected chi connectivity index (χ1v) is 12.8. The molecular formula is C20H21N3O8S2. The third-order valence-corrected chi connectivity index (χ3v) is 8.94. The minimum absolute atomic E-state index is 0.000512. The minimum atomic E-state index is -4.14. The molecule has 0 saturated carbocycles. The zero-order valence-corrected chi connectivity index (χ0v) is 19.2. The Morgan fingerprint density at radius 3 is 2.52 bits per heavy atom. The highest BCUT2D eigenvalue weighted by atomic mass is 32.2. The van der Waals surface area contributed by atoms with Crippen LogP contribution in [0.25, 0.3) is 0 Å². The number of methoxy groups -OCH3 is 1. The summed E-state index contributed by atoms with van der Waals surface area (Å²) in [5.74, 6) is -1.52. The number of fused-ring (bicyclic) bond motifs is 1. The van der Waals surface area contributed by atoms with E-state index < -0.39 is 38.4 Å². The molecule has 1 saturated heterocycles. The number of morpholine rings is 1. The van der Waals surface area contributed by atoms with Crippen LogP contribution in [0.1, 0.15) is 10.4 Å². The number of rotatable bonds is 6. The Bertz CT molecular complexity index is 1320. The van der Waals surface area contributed by atoms with Gasteiger partial charge in [-0.25, -0.2) is 21.1 Å². The second-order valence-corrected chi connectivity index (χ2v) is 11.0. The summed E-state index contributed by atoms with van der Waals surface area (Å²) in [6.07, 6.45) is 0. The van der Waals surface area contributed by atoms with E-state index in [0.717, 1.165) is 0 Å². The Morgan fingerprint density at radius 1 is 1.15 bits per heavy atom. The zero-order valence-electron chi connectivity index (χ0n) is 17.6. The molecule has 0 spiro atoms. The van der Waals surface area contributed by atoms with E-state index in [0.29, 0.717) is 17.5 Å². The Labute approximate surface area is 191 Å². The number of hydrogen-bond donors (Lipinski definition) is 1. The van der Waals surface area contributed by atoms with Crippen molar-refractivity contribution >= 4 is 37.5 Å². The summed E-state index contributed by atoms with van der Waals surface area (Å²) < 4.78 is 63.2. The maximum Gasteiger partial charge on any atom is 0.269 e. The lowest BCUT2D eigenvalue weighted by atomic mass is 10.2. The van der Waals surface area contributed by atoms with Gasteiger partial charge in [-0.1, -0.05) is 12.1 Å². The number of ether oxygens (including phenoxy) is 2. The molecule has 0 atom stereocenters. The predicted octanol–water partition coefficient (Wildman–Crippen LogP) is 0.499. The number of benzene rings is 2. The van der Waals surface area contributed by atoms with Crippen molar-refractivity contribution in [2.45, 2.75) is 9.79 Å². The molecule has 1 N–H and O–H groups in total. The van der Waals surface area contributed by atoms with E-state index in [1.54, 1.807) is 0 Å². The first kappa shape index (κ1) is 23.2. The third-order valence-electron chi connectivity index (χ3n) is 5.25. The van der Waals surface area contributed by atoms with E-state index >= 15 is 0 Å². The first-order valence-electron chi connectivity index (χ1n) is 9.88. The number of sulfonamides is 2. The topological polar surface area (TPSA) is 139 Å². The van der Waals surface area contributed by atoms with Crippen LogP contribution in [0.2, 0.25) is 0 Å². The van der Waals surface area contributed by atoms with Gasteiger partial charge in [0.2, 0.25) is 15.9 Å². The van der Waals surface area contributed by atoms with Crippen LogP contribution in [0.15, 0.2) is 52.3 Å². The zero-order chi connectivity index (χ0) is 23.8. The van der Waals surface area contributed by atoms with Crippen molar-refractivity contribution < 1.29 is 35.9 Å². The summed E-state index contributed by atoms with van der Waals surface area (Å²) in [5, 5.41) is 2.48. The molecule has 2 aromatic carbocycles. The van der Waals surface area contributed by atoms with Crippen LogP contribution in [0, 0.1) is 0 Å². The number of carbonyl (C=O) groups excluding carboxylic acids is 2. The highest BCUT2D eigenvalue weighted by Crippen LogP contribution is 2.31. The number of nitrogens with one attached hydrogen (secondary N) is 1. The fourth-order valence-electron chi connectivity index (χ4n) is 3.58. The summed E-state index contributed by atoms with van der Waals surface area (Å²) in [7, 11) is -6.62. The molecule has 13 heteroatoms. The summed E-state index contributed by atoms with van der Waals surface area (Å²) in [5.41, 5.74) is 0.130. The predicted molar refractivity (Wildman–Crippen MR) is 116 cm³/mol. The molecule has 0 unspecified atom stereocenters. The van der Waals surface area contributed by atoms with Crippen molar-refractivity contribution in [1.82, 2.24) is 8.61 Å². The first-order chi connectivity index (χ1) is 15.7. The molecule has 2 aromatic rings. The maximum atomic E-state index is 12.9. The van der Waals surface area contributed by atoms with Gasteiger partial charge in [-0.05, 0) is 24.3 Å². The lowest BCUT2D eigenvalue weighted by Crippen LogP contribution is -2.40. The van der Waals surface area contributed by atoms with E-state index in [1.165, 1.54) is 53.9 Å². The van der Waals surface area contributed by atoms with E-state index in [4.69, 9.17) is 9.47 Å². The highest BCUT2D eigenvalue weighted by molar-refractivity contribution is 7.90. The molecule has 1 fully saturated rings. The fourth-order valence-corrected chi connectivity index (χ4v) is 6.53. The molecule has 0 bridgehead atoms. The van der Waals surface area contributed by atoms with Gasteiger partial charge in [-0.15, -0.1) is 0 Å². The number of anilines is 1. The van der Waals surface area contributed by atoms with Gasteiger partial charge < -0.3 is 14.8 Å². The van der Waals surface area contributed by atoms with Crippen LogP contribution < -0.4 is 10.1 Å². The average molecular weight is 496 g/mol. The van der Waals surface area contributed by atoms with Crippen LogP contribution in [0.3, 0.4) is 0 Å². The Kier molecular flexibility index (Phi) is 6.14. The Balaban J connectivity index is 1.52. The van der Waals surface area contributed by atoms with Crippen LogP contribution in [-0.2, 0) is 29.6 Å². The molecule has 33 heavy (non-hydrogen) atoms. The van der Waals surface area contributed by atoms with Crippen molar-refractivity contribution in [3.8, 4) is 5.75 Å². The molecule has 11 nitrogen and oxygen atoms in total. The second kappa shape index (κ2) is 8.74. The summed E-state index contributed by atoms with van der Waals surface area (Å²) in [6.45, 7) is 0.305. The van der Waals surface area contributed by atoms with Gasteiger partial charge in [0.15, 0.2) is 0 Å². The molecule has 0 aromatic heterocycles. The van der Waals surface area contributed by atoms with Gasteiger partial charge in [0.25, 0.3) is 15.9 Å². The van der Waals surface area contributed by atoms with Crippen LogP contribution >= 0.6 is 0 Å². The monoisotopic (exact) mass is 495 g/mol. The number of nitrogens with zero attached hydrogens (tertiary/aromatic N) is 2. The van der Waals surface area contributed by atoms with Gasteiger partial charge >= 0.3 is 0 Å². The molecule has 4 rings (SSSR count). The standard InChI is InChI=1S/C20H21N3O8S2/c1-30-17-12-14(32(26,27)22-8-10-31-11-9-22)6-7-16(17)21-19(24)13-23-20(25)15-4-2-3-5-18(15)33(23,28)29/h2-7,12H,8-11,13H2,1H3,(H,21,24). The van der Waals surface area contributed by atoms with E-state index in [-0.39, 0.29) is 39.9 Å². The van der Waals surface area contributed by atoms with Crippen LogP contribution in [0.5, 0.6) is 5.75 Å². The average Bonchev–Trinajstić information content (AvgIpc) is 3.00. The summed E-state index contributed by atoms with van der Waals surface area (Å²) in [6, 6.07) is 9.64.